The van der Waals surface area contributed by atoms with E-state index in [9.17, 15) is 5.11 Å². The van der Waals surface area contributed by atoms with Gasteiger partial charge in [-0.15, -0.1) is 0 Å². The first-order valence-corrected chi connectivity index (χ1v) is 4.95. The summed E-state index contributed by atoms with van der Waals surface area (Å²) >= 11 is 0. The zero-order chi connectivity index (χ0) is 9.54. The molecule has 0 amide bonds. The molecule has 1 radical (unpaired) electrons. The van der Waals surface area contributed by atoms with Gasteiger partial charge < -0.3 is 10.1 Å². The molecule has 0 fully saturated rings. The van der Waals surface area contributed by atoms with Crippen molar-refractivity contribution in [3.8, 4) is 0 Å². The van der Waals surface area contributed by atoms with Crippen molar-refractivity contribution in [2.24, 2.45) is 0 Å². The molecule has 0 aliphatic heterocycles. The van der Waals surface area contributed by atoms with Crippen LogP contribution in [0.4, 0.5) is 0 Å². The number of nitrogens with one attached hydrogen (secondary N) is 1. The third kappa shape index (κ3) is 1.01. The molecule has 14 heavy (non-hydrogen) atoms. The first kappa shape index (κ1) is 8.06. The van der Waals surface area contributed by atoms with Gasteiger partial charge in [-0.05, 0) is 30.9 Å². The van der Waals surface area contributed by atoms with Crippen LogP contribution in [0.3, 0.4) is 0 Å². The summed E-state index contributed by atoms with van der Waals surface area (Å²) in [7, 11) is 0. The van der Waals surface area contributed by atoms with Gasteiger partial charge >= 0.3 is 0 Å². The van der Waals surface area contributed by atoms with Crippen molar-refractivity contribution in [3.05, 3.63) is 41.9 Å². The van der Waals surface area contributed by atoms with Crippen molar-refractivity contribution in [1.82, 2.24) is 4.98 Å². The summed E-state index contributed by atoms with van der Waals surface area (Å²) in [5, 5.41) is 11.0. The maximum atomic E-state index is 9.80. The molecule has 0 saturated carbocycles. The molecular weight excluding hydrogens is 174 g/mol. The molecule has 71 valence electrons. The second kappa shape index (κ2) is 2.85. The molecule has 0 spiro atoms. The number of hydrogen-bond acceptors (Lipinski definition) is 1. The van der Waals surface area contributed by atoms with Crippen LogP contribution in [-0.4, -0.2) is 10.1 Å². The van der Waals surface area contributed by atoms with Crippen molar-refractivity contribution >= 4 is 10.9 Å². The van der Waals surface area contributed by atoms with Crippen molar-refractivity contribution in [1.29, 1.82) is 0 Å². The van der Waals surface area contributed by atoms with E-state index in [0.717, 1.165) is 24.1 Å². The lowest BCUT2D eigenvalue weighted by Crippen LogP contribution is -2.08. The fourth-order valence-electron chi connectivity index (χ4n) is 2.23. The Bertz CT molecular complexity index is 472. The number of aliphatic hydroxyl groups is 1. The maximum Gasteiger partial charge on any atom is 0.0943 e. The molecule has 1 aromatic heterocycles. The monoisotopic (exact) mass is 186 g/mol. The third-order valence-electron chi connectivity index (χ3n) is 2.92. The van der Waals surface area contributed by atoms with Gasteiger partial charge in [0, 0.05) is 16.6 Å². The van der Waals surface area contributed by atoms with E-state index in [2.05, 4.69) is 23.5 Å². The summed E-state index contributed by atoms with van der Waals surface area (Å²) in [4.78, 5) is 3.30. The van der Waals surface area contributed by atoms with Crippen LogP contribution in [0.25, 0.3) is 10.9 Å². The second-order valence-corrected chi connectivity index (χ2v) is 3.81. The largest absolute Gasteiger partial charge is 0.387 e. The molecule has 2 aromatic rings. The van der Waals surface area contributed by atoms with Gasteiger partial charge in [-0.25, -0.2) is 0 Å². The molecule has 2 N–H and O–H groups in total. The van der Waals surface area contributed by atoms with Crippen LogP contribution in [0, 0.1) is 6.42 Å². The van der Waals surface area contributed by atoms with E-state index in [1.165, 1.54) is 10.9 Å². The number of aromatic nitrogens is 1. The number of fused-ring (bicyclic) bond motifs is 3. The summed E-state index contributed by atoms with van der Waals surface area (Å²) in [5.41, 5.74) is 3.40. The summed E-state index contributed by atoms with van der Waals surface area (Å²) < 4.78 is 0. The summed E-state index contributed by atoms with van der Waals surface area (Å²) in [6.45, 7) is 0. The van der Waals surface area contributed by atoms with Crippen LogP contribution in [0.1, 0.15) is 23.8 Å². The molecule has 1 aromatic carbocycles. The zero-order valence-corrected chi connectivity index (χ0v) is 7.83. The van der Waals surface area contributed by atoms with Crippen LogP contribution in [0.2, 0.25) is 0 Å². The minimum atomic E-state index is -0.342. The summed E-state index contributed by atoms with van der Waals surface area (Å²) in [6, 6.07) is 8.22. The molecule has 1 aliphatic carbocycles. The third-order valence-corrected chi connectivity index (χ3v) is 2.92. The SMILES string of the molecule is OC1C[CH]Cc2c1[nH]c1ccccc21. The highest BCUT2D eigenvalue weighted by Gasteiger charge is 2.21. The van der Waals surface area contributed by atoms with Gasteiger partial charge in [0.05, 0.1) is 6.10 Å². The number of benzene rings is 1. The van der Waals surface area contributed by atoms with Crippen molar-refractivity contribution < 1.29 is 5.11 Å². The summed E-state index contributed by atoms with van der Waals surface area (Å²) in [5.74, 6) is 0. The fraction of sp³-hybridized carbons (Fsp3) is 0.250. The second-order valence-electron chi connectivity index (χ2n) is 3.81. The van der Waals surface area contributed by atoms with Gasteiger partial charge in [0.25, 0.3) is 0 Å². The molecule has 0 bridgehead atoms. The number of hydrogen-bond donors (Lipinski definition) is 2. The molecule has 1 atom stereocenters. The van der Waals surface area contributed by atoms with Crippen molar-refractivity contribution in [2.75, 3.05) is 0 Å². The fourth-order valence-corrected chi connectivity index (χ4v) is 2.23. The number of aromatic amines is 1. The number of rotatable bonds is 0. The molecule has 1 heterocycles. The Hall–Kier alpha value is -1.28. The van der Waals surface area contributed by atoms with Crippen LogP contribution in [0.5, 0.6) is 0 Å². The van der Waals surface area contributed by atoms with E-state index >= 15 is 0 Å². The van der Waals surface area contributed by atoms with Gasteiger partial charge in [-0.2, -0.15) is 0 Å². The van der Waals surface area contributed by atoms with Gasteiger partial charge in [-0.3, -0.25) is 0 Å². The van der Waals surface area contributed by atoms with Crippen LogP contribution < -0.4 is 0 Å². The lowest BCUT2D eigenvalue weighted by Gasteiger charge is -2.16. The Morgan fingerprint density at radius 1 is 1.29 bits per heavy atom. The average Bonchev–Trinajstić information content (AvgIpc) is 2.59. The highest BCUT2D eigenvalue weighted by atomic mass is 16.3. The van der Waals surface area contributed by atoms with Crippen molar-refractivity contribution in [2.45, 2.75) is 18.9 Å². The molecule has 1 unspecified atom stereocenters. The maximum absolute atomic E-state index is 9.80. The lowest BCUT2D eigenvalue weighted by molar-refractivity contribution is 0.167. The van der Waals surface area contributed by atoms with Gasteiger partial charge in [-0.1, -0.05) is 18.2 Å². The normalized spacial score (nSPS) is 21.1. The van der Waals surface area contributed by atoms with Gasteiger partial charge in [0.2, 0.25) is 0 Å². The number of para-hydroxylation sites is 1. The standard InChI is InChI=1S/C12H12NO/c14-11-7-3-5-9-8-4-1-2-6-10(8)13-12(9)11/h1-4,6,11,13-14H,5,7H2. The summed E-state index contributed by atoms with van der Waals surface area (Å²) in [6.07, 6.45) is 3.54. The predicted octanol–water partition coefficient (Wildman–Crippen LogP) is 2.35. The smallest absolute Gasteiger partial charge is 0.0943 e. The van der Waals surface area contributed by atoms with Crippen LogP contribution >= 0.6 is 0 Å². The lowest BCUT2D eigenvalue weighted by atomic mass is 9.94. The Balaban J connectivity index is 2.32. The highest BCUT2D eigenvalue weighted by molar-refractivity contribution is 5.85. The van der Waals surface area contributed by atoms with Crippen LogP contribution in [0.15, 0.2) is 24.3 Å². The van der Waals surface area contributed by atoms with E-state index in [0.29, 0.717) is 0 Å². The zero-order valence-electron chi connectivity index (χ0n) is 7.83. The van der Waals surface area contributed by atoms with E-state index < -0.39 is 0 Å². The predicted molar refractivity (Wildman–Crippen MR) is 55.9 cm³/mol. The minimum Gasteiger partial charge on any atom is -0.387 e. The first-order chi connectivity index (χ1) is 6.86. The van der Waals surface area contributed by atoms with Gasteiger partial charge in [0.15, 0.2) is 0 Å². The molecular formula is C12H12NO. The van der Waals surface area contributed by atoms with Crippen LogP contribution in [-0.2, 0) is 6.42 Å². The number of H-pyrrole nitrogens is 1. The van der Waals surface area contributed by atoms with Crippen molar-refractivity contribution in [3.63, 3.8) is 0 Å². The quantitative estimate of drug-likeness (QED) is 0.651. The van der Waals surface area contributed by atoms with Gasteiger partial charge in [0.1, 0.15) is 0 Å². The highest BCUT2D eigenvalue weighted by Crippen LogP contribution is 2.33. The minimum absolute atomic E-state index is 0.342. The Morgan fingerprint density at radius 3 is 3.07 bits per heavy atom. The Morgan fingerprint density at radius 2 is 2.14 bits per heavy atom. The molecule has 3 rings (SSSR count). The average molecular weight is 186 g/mol. The topological polar surface area (TPSA) is 36.0 Å². The first-order valence-electron chi connectivity index (χ1n) is 4.95. The molecule has 2 heteroatoms. The molecule has 0 saturated heterocycles. The van der Waals surface area contributed by atoms with E-state index in [4.69, 9.17) is 0 Å². The Labute approximate surface area is 82.6 Å². The number of aliphatic hydroxyl groups excluding tert-OH is 1. The van der Waals surface area contributed by atoms with E-state index in [1.54, 1.807) is 0 Å². The molecule has 2 nitrogen and oxygen atoms in total. The van der Waals surface area contributed by atoms with E-state index in [-0.39, 0.29) is 6.10 Å². The molecule has 1 aliphatic rings. The Kier molecular flexibility index (Phi) is 1.64. The van der Waals surface area contributed by atoms with E-state index in [1.807, 2.05) is 12.1 Å².